The third-order valence-electron chi connectivity index (χ3n) is 3.09. The van der Waals surface area contributed by atoms with Gasteiger partial charge in [-0.1, -0.05) is 36.4 Å². The average Bonchev–Trinajstić information content (AvgIpc) is 2.90. The van der Waals surface area contributed by atoms with Crippen LogP contribution in [0.15, 0.2) is 60.0 Å². The smallest absolute Gasteiger partial charge is 0.174 e. The van der Waals surface area contributed by atoms with Crippen molar-refractivity contribution in [3.63, 3.8) is 0 Å². The number of hydrogen-bond acceptors (Lipinski definition) is 3. The van der Waals surface area contributed by atoms with Gasteiger partial charge in [0, 0.05) is 11.1 Å². The first-order valence-electron chi connectivity index (χ1n) is 6.47. The van der Waals surface area contributed by atoms with E-state index in [0.29, 0.717) is 6.42 Å². The Morgan fingerprint density at radius 1 is 1.00 bits per heavy atom. The van der Waals surface area contributed by atoms with E-state index in [1.807, 2.05) is 42.5 Å². The lowest BCUT2D eigenvalue weighted by Gasteiger charge is -2.04. The minimum atomic E-state index is 0.0948. The third kappa shape index (κ3) is 2.89. The summed E-state index contributed by atoms with van der Waals surface area (Å²) < 4.78 is 6.70. The van der Waals surface area contributed by atoms with E-state index in [-0.39, 0.29) is 12.4 Å². The molecule has 2 aromatic carbocycles. The van der Waals surface area contributed by atoms with Crippen molar-refractivity contribution in [2.45, 2.75) is 6.42 Å². The van der Waals surface area contributed by atoms with Crippen molar-refractivity contribution >= 4 is 27.2 Å². The second kappa shape index (κ2) is 5.88. The minimum Gasteiger partial charge on any atom is -0.486 e. The summed E-state index contributed by atoms with van der Waals surface area (Å²) in [5.74, 6) is 0.827. The molecule has 3 heteroatoms. The number of para-hydroxylation sites is 1. The van der Waals surface area contributed by atoms with Crippen molar-refractivity contribution in [2.75, 3.05) is 6.61 Å². The third-order valence-corrected chi connectivity index (χ3v) is 4.10. The van der Waals surface area contributed by atoms with E-state index in [4.69, 9.17) is 4.74 Å². The van der Waals surface area contributed by atoms with Crippen LogP contribution in [-0.4, -0.2) is 12.4 Å². The van der Waals surface area contributed by atoms with E-state index >= 15 is 0 Å². The molecule has 1 heterocycles. The molecule has 1 aromatic heterocycles. The zero-order valence-corrected chi connectivity index (χ0v) is 11.7. The van der Waals surface area contributed by atoms with Crippen LogP contribution in [0.5, 0.6) is 5.75 Å². The zero-order chi connectivity index (χ0) is 13.8. The lowest BCUT2D eigenvalue weighted by atomic mass is 10.1. The molecule has 0 radical (unpaired) electrons. The van der Waals surface area contributed by atoms with E-state index < -0.39 is 0 Å². The Labute approximate surface area is 121 Å². The summed E-state index contributed by atoms with van der Waals surface area (Å²) in [6.07, 6.45) is 0.427. The van der Waals surface area contributed by atoms with Crippen molar-refractivity contribution in [3.8, 4) is 5.75 Å². The molecule has 0 amide bonds. The molecule has 2 nitrogen and oxygen atoms in total. The molecular weight excluding hydrogens is 268 g/mol. The first-order chi connectivity index (χ1) is 9.83. The highest BCUT2D eigenvalue weighted by Gasteiger charge is 2.09. The van der Waals surface area contributed by atoms with Crippen LogP contribution < -0.4 is 4.74 Å². The number of thiophene rings is 1. The second-order valence-corrected chi connectivity index (χ2v) is 5.49. The van der Waals surface area contributed by atoms with Gasteiger partial charge in [-0.3, -0.25) is 4.79 Å². The maximum absolute atomic E-state index is 12.0. The molecule has 0 aliphatic carbocycles. The number of carbonyl (C=O) groups is 1. The van der Waals surface area contributed by atoms with Gasteiger partial charge < -0.3 is 4.74 Å². The molecule has 20 heavy (non-hydrogen) atoms. The van der Waals surface area contributed by atoms with Crippen LogP contribution in [0.25, 0.3) is 10.1 Å². The molecule has 100 valence electrons. The molecule has 0 atom stereocenters. The fourth-order valence-corrected chi connectivity index (χ4v) is 3.08. The molecule has 0 saturated carbocycles. The minimum absolute atomic E-state index is 0.0948. The Hall–Kier alpha value is -2.13. The van der Waals surface area contributed by atoms with Crippen LogP contribution in [-0.2, 0) is 11.2 Å². The van der Waals surface area contributed by atoms with Gasteiger partial charge in [0.15, 0.2) is 5.78 Å². The van der Waals surface area contributed by atoms with Gasteiger partial charge in [0.05, 0.1) is 0 Å². The van der Waals surface area contributed by atoms with E-state index in [1.165, 1.54) is 10.1 Å². The van der Waals surface area contributed by atoms with Crippen LogP contribution in [0.1, 0.15) is 5.56 Å². The maximum Gasteiger partial charge on any atom is 0.174 e. The summed E-state index contributed by atoms with van der Waals surface area (Å²) in [5, 5.41) is 3.23. The summed E-state index contributed by atoms with van der Waals surface area (Å²) in [4.78, 5) is 12.0. The zero-order valence-electron chi connectivity index (χ0n) is 10.9. The largest absolute Gasteiger partial charge is 0.486 e. The number of benzene rings is 2. The topological polar surface area (TPSA) is 26.3 Å². The standard InChI is InChI=1S/C17H14O2S/c18-14(11-19-15-6-2-1-3-7-15)10-13-12-20-17-9-5-4-8-16(13)17/h1-9,12H,10-11H2. The molecule has 0 saturated heterocycles. The van der Waals surface area contributed by atoms with Crippen LogP contribution >= 0.6 is 11.3 Å². The molecule has 3 aromatic rings. The fraction of sp³-hybridized carbons (Fsp3) is 0.118. The quantitative estimate of drug-likeness (QED) is 0.704. The van der Waals surface area contributed by atoms with E-state index in [0.717, 1.165) is 11.3 Å². The highest BCUT2D eigenvalue weighted by molar-refractivity contribution is 7.17. The lowest BCUT2D eigenvalue weighted by molar-refractivity contribution is -0.120. The maximum atomic E-state index is 12.0. The summed E-state index contributed by atoms with van der Waals surface area (Å²) in [5.41, 5.74) is 1.09. The number of rotatable bonds is 5. The Morgan fingerprint density at radius 3 is 2.60 bits per heavy atom. The highest BCUT2D eigenvalue weighted by atomic mass is 32.1. The van der Waals surface area contributed by atoms with E-state index in [9.17, 15) is 4.79 Å². The van der Waals surface area contributed by atoms with Crippen LogP contribution in [0, 0.1) is 0 Å². The van der Waals surface area contributed by atoms with Crippen LogP contribution in [0.3, 0.4) is 0 Å². The average molecular weight is 282 g/mol. The summed E-state index contributed by atoms with van der Waals surface area (Å²) in [6.45, 7) is 0.119. The fourth-order valence-electron chi connectivity index (χ4n) is 2.11. The normalized spacial score (nSPS) is 10.6. The van der Waals surface area contributed by atoms with Crippen LogP contribution in [0.2, 0.25) is 0 Å². The number of hydrogen-bond donors (Lipinski definition) is 0. The van der Waals surface area contributed by atoms with Gasteiger partial charge in [-0.2, -0.15) is 0 Å². The lowest BCUT2D eigenvalue weighted by Crippen LogP contribution is -2.13. The summed E-state index contributed by atoms with van der Waals surface area (Å²) >= 11 is 1.68. The Bertz CT molecular complexity index is 716. The monoisotopic (exact) mass is 282 g/mol. The summed E-state index contributed by atoms with van der Waals surface area (Å²) in [7, 11) is 0. The van der Waals surface area contributed by atoms with Gasteiger partial charge in [0.2, 0.25) is 0 Å². The van der Waals surface area contributed by atoms with Gasteiger partial charge >= 0.3 is 0 Å². The predicted molar refractivity (Wildman–Crippen MR) is 82.5 cm³/mol. The van der Waals surface area contributed by atoms with Crippen molar-refractivity contribution < 1.29 is 9.53 Å². The Morgan fingerprint density at radius 2 is 1.75 bits per heavy atom. The highest BCUT2D eigenvalue weighted by Crippen LogP contribution is 2.26. The predicted octanol–water partition coefficient (Wildman–Crippen LogP) is 4.09. The molecule has 0 unspecified atom stereocenters. The van der Waals surface area contributed by atoms with Gasteiger partial charge in [-0.15, -0.1) is 11.3 Å². The van der Waals surface area contributed by atoms with Gasteiger partial charge in [0.25, 0.3) is 0 Å². The number of carbonyl (C=O) groups excluding carboxylic acids is 1. The SMILES string of the molecule is O=C(COc1ccccc1)Cc1csc2ccccc12. The number of Topliss-reactive ketones (excluding diaryl/α,β-unsaturated/α-hetero) is 1. The molecule has 0 aliphatic rings. The number of fused-ring (bicyclic) bond motifs is 1. The van der Waals surface area contributed by atoms with Crippen molar-refractivity contribution in [2.24, 2.45) is 0 Å². The second-order valence-electron chi connectivity index (χ2n) is 4.57. The molecule has 0 spiro atoms. The Kier molecular flexibility index (Phi) is 3.79. The number of ketones is 1. The Balaban J connectivity index is 1.64. The van der Waals surface area contributed by atoms with E-state index in [2.05, 4.69) is 17.5 Å². The first kappa shape index (κ1) is 12.9. The van der Waals surface area contributed by atoms with Crippen molar-refractivity contribution in [1.82, 2.24) is 0 Å². The molecule has 3 rings (SSSR count). The molecular formula is C17H14O2S. The molecule has 0 bridgehead atoms. The van der Waals surface area contributed by atoms with Gasteiger partial charge in [0.1, 0.15) is 12.4 Å². The first-order valence-corrected chi connectivity index (χ1v) is 7.35. The van der Waals surface area contributed by atoms with Gasteiger partial charge in [-0.05, 0) is 34.5 Å². The molecule has 0 N–H and O–H groups in total. The van der Waals surface area contributed by atoms with E-state index in [1.54, 1.807) is 11.3 Å². The molecule has 0 fully saturated rings. The van der Waals surface area contributed by atoms with Crippen molar-refractivity contribution in [3.05, 3.63) is 65.5 Å². The van der Waals surface area contributed by atoms with Crippen LogP contribution in [0.4, 0.5) is 0 Å². The summed E-state index contributed by atoms with van der Waals surface area (Å²) in [6, 6.07) is 17.6. The van der Waals surface area contributed by atoms with Gasteiger partial charge in [-0.25, -0.2) is 0 Å². The number of ether oxygens (including phenoxy) is 1. The van der Waals surface area contributed by atoms with Crippen molar-refractivity contribution in [1.29, 1.82) is 0 Å². The molecule has 0 aliphatic heterocycles.